The molecule has 9 heteroatoms. The molecule has 0 aromatic heterocycles. The van der Waals surface area contributed by atoms with Crippen molar-refractivity contribution in [2.45, 2.75) is 20.5 Å². The van der Waals surface area contributed by atoms with Crippen LogP contribution in [-0.2, 0) is 16.2 Å². The number of urea groups is 1. The van der Waals surface area contributed by atoms with E-state index in [4.69, 9.17) is 4.74 Å². The molecule has 0 spiro atoms. The summed E-state index contributed by atoms with van der Waals surface area (Å²) in [5.41, 5.74) is 3.33. The van der Waals surface area contributed by atoms with Crippen LogP contribution in [0.15, 0.2) is 72.3 Å². The summed E-state index contributed by atoms with van der Waals surface area (Å²) in [6.07, 6.45) is 1.42. The van der Waals surface area contributed by atoms with Gasteiger partial charge in [0, 0.05) is 12.1 Å². The van der Waals surface area contributed by atoms with E-state index in [0.717, 1.165) is 21.6 Å². The summed E-state index contributed by atoms with van der Waals surface area (Å²) in [4.78, 5) is 49.1. The third-order valence-corrected chi connectivity index (χ3v) is 5.31. The van der Waals surface area contributed by atoms with Gasteiger partial charge in [0.05, 0.1) is 10.6 Å². The Morgan fingerprint density at radius 3 is 2.17 bits per heavy atom. The molecule has 0 bridgehead atoms. The molecule has 4 amide bonds. The van der Waals surface area contributed by atoms with Gasteiger partial charge in [-0.25, -0.2) is 9.69 Å². The van der Waals surface area contributed by atoms with Crippen LogP contribution in [0, 0.1) is 24.0 Å². The summed E-state index contributed by atoms with van der Waals surface area (Å²) < 4.78 is 5.70. The largest absolute Gasteiger partial charge is 0.489 e. The number of aryl methyl sites for hydroxylation is 2. The van der Waals surface area contributed by atoms with Gasteiger partial charge >= 0.3 is 6.03 Å². The molecular weight excluding hydrogens is 450 g/mol. The number of non-ortho nitro benzene ring substituents is 1. The SMILES string of the molecule is Cc1cc(C)cc(N2C(=O)NC(=O)C(=Cc3ccc(OCc4ccc([N+](=O)[O-])cc4)cc3)C2=O)c1. The highest BCUT2D eigenvalue weighted by atomic mass is 16.6. The number of ether oxygens (including phenoxy) is 1. The summed E-state index contributed by atoms with van der Waals surface area (Å²) in [6.45, 7) is 3.93. The van der Waals surface area contributed by atoms with Crippen LogP contribution in [0.25, 0.3) is 6.08 Å². The lowest BCUT2D eigenvalue weighted by molar-refractivity contribution is -0.384. The van der Waals surface area contributed by atoms with Crippen molar-refractivity contribution in [3.8, 4) is 5.75 Å². The monoisotopic (exact) mass is 471 g/mol. The Hall–Kier alpha value is -4.79. The third kappa shape index (κ3) is 5.25. The van der Waals surface area contributed by atoms with Gasteiger partial charge in [-0.15, -0.1) is 0 Å². The second-order valence-corrected chi connectivity index (χ2v) is 8.09. The van der Waals surface area contributed by atoms with E-state index in [-0.39, 0.29) is 17.9 Å². The normalized spacial score (nSPS) is 14.7. The van der Waals surface area contributed by atoms with E-state index in [0.29, 0.717) is 17.0 Å². The van der Waals surface area contributed by atoms with Crippen LogP contribution < -0.4 is 15.0 Å². The first-order chi connectivity index (χ1) is 16.7. The number of hydrogen-bond acceptors (Lipinski definition) is 6. The number of carbonyl (C=O) groups is 3. The quantitative estimate of drug-likeness (QED) is 0.245. The Morgan fingerprint density at radius 2 is 1.57 bits per heavy atom. The highest BCUT2D eigenvalue weighted by Crippen LogP contribution is 2.25. The van der Waals surface area contributed by atoms with Crippen molar-refractivity contribution >= 4 is 35.3 Å². The second kappa shape index (κ2) is 9.60. The summed E-state index contributed by atoms with van der Waals surface area (Å²) in [5, 5.41) is 13.0. The minimum atomic E-state index is -0.794. The van der Waals surface area contributed by atoms with Gasteiger partial charge in [-0.3, -0.25) is 25.0 Å². The molecule has 0 aliphatic carbocycles. The number of anilines is 1. The fourth-order valence-electron chi connectivity index (χ4n) is 3.68. The lowest BCUT2D eigenvalue weighted by Crippen LogP contribution is -2.54. The smallest absolute Gasteiger partial charge is 0.335 e. The molecular formula is C26H21N3O6. The zero-order valence-corrected chi connectivity index (χ0v) is 19.0. The molecule has 35 heavy (non-hydrogen) atoms. The maximum Gasteiger partial charge on any atom is 0.335 e. The molecule has 4 rings (SSSR count). The van der Waals surface area contributed by atoms with Gasteiger partial charge in [0.15, 0.2) is 0 Å². The molecule has 3 aromatic carbocycles. The van der Waals surface area contributed by atoms with E-state index in [9.17, 15) is 24.5 Å². The minimum Gasteiger partial charge on any atom is -0.489 e. The topological polar surface area (TPSA) is 119 Å². The van der Waals surface area contributed by atoms with Crippen molar-refractivity contribution in [3.05, 3.63) is 105 Å². The Kier molecular flexibility index (Phi) is 6.41. The molecule has 0 atom stereocenters. The zero-order valence-electron chi connectivity index (χ0n) is 19.0. The molecule has 1 aliphatic rings. The fraction of sp³-hybridized carbons (Fsp3) is 0.115. The predicted octanol–water partition coefficient (Wildman–Crippen LogP) is 4.46. The number of nitro groups is 1. The fourth-order valence-corrected chi connectivity index (χ4v) is 3.68. The lowest BCUT2D eigenvalue weighted by Gasteiger charge is -2.27. The molecule has 0 radical (unpaired) electrons. The van der Waals surface area contributed by atoms with Crippen LogP contribution in [-0.4, -0.2) is 22.8 Å². The summed E-state index contributed by atoms with van der Waals surface area (Å²) in [6, 6.07) is 17.3. The number of rotatable bonds is 6. The number of hydrogen-bond donors (Lipinski definition) is 1. The standard InChI is InChI=1S/C26H21N3O6/c1-16-11-17(2)13-21(12-16)28-25(31)23(24(30)27-26(28)32)14-18-5-9-22(10-6-18)35-15-19-3-7-20(8-4-19)29(33)34/h3-14H,15H2,1-2H3,(H,27,30,32). The van der Waals surface area contributed by atoms with Gasteiger partial charge in [0.1, 0.15) is 17.9 Å². The average Bonchev–Trinajstić information content (AvgIpc) is 2.80. The highest BCUT2D eigenvalue weighted by molar-refractivity contribution is 6.39. The second-order valence-electron chi connectivity index (χ2n) is 8.09. The number of nitrogens with zero attached hydrogens (tertiary/aromatic N) is 2. The van der Waals surface area contributed by atoms with E-state index in [1.165, 1.54) is 18.2 Å². The van der Waals surface area contributed by atoms with Crippen molar-refractivity contribution in [3.63, 3.8) is 0 Å². The number of imide groups is 2. The molecule has 1 aliphatic heterocycles. The maximum absolute atomic E-state index is 13.1. The van der Waals surface area contributed by atoms with E-state index in [1.807, 2.05) is 19.9 Å². The Morgan fingerprint density at radius 1 is 0.943 bits per heavy atom. The van der Waals surface area contributed by atoms with Gasteiger partial charge in [-0.1, -0.05) is 18.2 Å². The number of carbonyl (C=O) groups excluding carboxylic acids is 3. The van der Waals surface area contributed by atoms with Crippen molar-refractivity contribution in [1.82, 2.24) is 5.32 Å². The maximum atomic E-state index is 13.1. The molecule has 176 valence electrons. The van der Waals surface area contributed by atoms with E-state index in [2.05, 4.69) is 5.32 Å². The van der Waals surface area contributed by atoms with E-state index >= 15 is 0 Å². The van der Waals surface area contributed by atoms with Gasteiger partial charge in [0.25, 0.3) is 17.5 Å². The predicted molar refractivity (Wildman–Crippen MR) is 129 cm³/mol. The zero-order chi connectivity index (χ0) is 25.1. The van der Waals surface area contributed by atoms with Gasteiger partial charge in [-0.2, -0.15) is 0 Å². The molecule has 1 N–H and O–H groups in total. The lowest BCUT2D eigenvalue weighted by atomic mass is 10.1. The van der Waals surface area contributed by atoms with E-state index < -0.39 is 22.8 Å². The first kappa shape index (κ1) is 23.4. The molecule has 0 saturated carbocycles. The van der Waals surface area contributed by atoms with Crippen LogP contribution in [0.5, 0.6) is 5.75 Å². The Labute approximate surface area is 200 Å². The number of barbiturate groups is 1. The third-order valence-electron chi connectivity index (χ3n) is 5.31. The average molecular weight is 471 g/mol. The Bertz CT molecular complexity index is 1340. The molecule has 3 aromatic rings. The van der Waals surface area contributed by atoms with Crippen LogP contribution in [0.4, 0.5) is 16.2 Å². The first-order valence-corrected chi connectivity index (χ1v) is 10.7. The molecule has 1 fully saturated rings. The molecule has 0 unspecified atom stereocenters. The highest BCUT2D eigenvalue weighted by Gasteiger charge is 2.36. The summed E-state index contributed by atoms with van der Waals surface area (Å²) in [7, 11) is 0. The first-order valence-electron chi connectivity index (χ1n) is 10.7. The van der Waals surface area contributed by atoms with Gasteiger partial charge in [0.2, 0.25) is 0 Å². The number of nitrogens with one attached hydrogen (secondary N) is 1. The van der Waals surface area contributed by atoms with Crippen LogP contribution >= 0.6 is 0 Å². The van der Waals surface area contributed by atoms with Crippen molar-refractivity contribution < 1.29 is 24.0 Å². The van der Waals surface area contributed by atoms with Gasteiger partial charge in [-0.05, 0) is 78.6 Å². The number of benzene rings is 3. The van der Waals surface area contributed by atoms with E-state index in [1.54, 1.807) is 48.5 Å². The minimum absolute atomic E-state index is 0.00485. The molecule has 9 nitrogen and oxygen atoms in total. The molecule has 1 saturated heterocycles. The van der Waals surface area contributed by atoms with Crippen LogP contribution in [0.1, 0.15) is 22.3 Å². The number of nitro benzene ring substituents is 1. The number of amides is 4. The van der Waals surface area contributed by atoms with Crippen molar-refractivity contribution in [2.24, 2.45) is 0 Å². The van der Waals surface area contributed by atoms with Crippen LogP contribution in [0.3, 0.4) is 0 Å². The summed E-state index contributed by atoms with van der Waals surface area (Å²) >= 11 is 0. The van der Waals surface area contributed by atoms with Crippen molar-refractivity contribution in [2.75, 3.05) is 4.90 Å². The Balaban J connectivity index is 1.49. The van der Waals surface area contributed by atoms with Gasteiger partial charge < -0.3 is 4.74 Å². The van der Waals surface area contributed by atoms with Crippen LogP contribution in [0.2, 0.25) is 0 Å². The van der Waals surface area contributed by atoms with Crippen molar-refractivity contribution in [1.29, 1.82) is 0 Å². The molecule has 1 heterocycles. The summed E-state index contributed by atoms with van der Waals surface area (Å²) in [5.74, 6) is -0.932.